The van der Waals surface area contributed by atoms with Gasteiger partial charge in [0, 0.05) is 12.5 Å². The third kappa shape index (κ3) is 7.37. The second-order valence-corrected chi connectivity index (χ2v) is 5.73. The number of carbonyl (C=O) groups is 3. The molecule has 0 saturated heterocycles. The van der Waals surface area contributed by atoms with Gasteiger partial charge < -0.3 is 14.8 Å². The van der Waals surface area contributed by atoms with E-state index in [-0.39, 0.29) is 12.5 Å². The van der Waals surface area contributed by atoms with Gasteiger partial charge >= 0.3 is 11.9 Å². The minimum absolute atomic E-state index is 0.186. The standard InChI is InChI=1S/C19H27NO5/c1-4-6-8-13-16(20-14(3)21)18(22)25-17(19(23)24-5-2)15-11-9-7-10-12-15/h7,9-12,16-17H,4-6,8,13H2,1-3H3,(H,20,21)/t16-,17-/m0/s1. The third-order valence-corrected chi connectivity index (χ3v) is 3.60. The summed E-state index contributed by atoms with van der Waals surface area (Å²) < 4.78 is 10.4. The summed E-state index contributed by atoms with van der Waals surface area (Å²) in [6, 6.07) is 7.92. The fourth-order valence-corrected chi connectivity index (χ4v) is 2.39. The van der Waals surface area contributed by atoms with Crippen LogP contribution in [0.25, 0.3) is 0 Å². The SMILES string of the molecule is CCCCC[C@H](NC(C)=O)C(=O)O[C@H](C(=O)OCC)c1ccccc1. The first-order chi connectivity index (χ1) is 12.0. The molecule has 1 amide bonds. The zero-order valence-electron chi connectivity index (χ0n) is 15.1. The van der Waals surface area contributed by atoms with Gasteiger partial charge in [-0.05, 0) is 13.3 Å². The molecule has 6 nitrogen and oxygen atoms in total. The number of unbranched alkanes of at least 4 members (excludes halogenated alkanes) is 2. The Hall–Kier alpha value is -2.37. The van der Waals surface area contributed by atoms with Crippen LogP contribution >= 0.6 is 0 Å². The lowest BCUT2D eigenvalue weighted by atomic mass is 10.1. The summed E-state index contributed by atoms with van der Waals surface area (Å²) in [5, 5.41) is 2.60. The average molecular weight is 349 g/mol. The Labute approximate surface area is 148 Å². The van der Waals surface area contributed by atoms with Crippen LogP contribution in [0.1, 0.15) is 58.1 Å². The van der Waals surface area contributed by atoms with E-state index >= 15 is 0 Å². The molecule has 0 aliphatic carbocycles. The topological polar surface area (TPSA) is 81.7 Å². The van der Waals surface area contributed by atoms with Crippen molar-refractivity contribution in [3.05, 3.63) is 35.9 Å². The van der Waals surface area contributed by atoms with Crippen LogP contribution in [0, 0.1) is 0 Å². The molecule has 0 fully saturated rings. The van der Waals surface area contributed by atoms with Gasteiger partial charge in [0.25, 0.3) is 0 Å². The van der Waals surface area contributed by atoms with Gasteiger partial charge in [-0.3, -0.25) is 4.79 Å². The van der Waals surface area contributed by atoms with E-state index in [1.165, 1.54) is 6.92 Å². The molecule has 1 rings (SSSR count). The normalized spacial score (nSPS) is 12.8. The quantitative estimate of drug-likeness (QED) is 0.519. The van der Waals surface area contributed by atoms with E-state index < -0.39 is 24.1 Å². The number of hydrogen-bond donors (Lipinski definition) is 1. The molecule has 0 aromatic heterocycles. The van der Waals surface area contributed by atoms with Crippen LogP contribution in [0.2, 0.25) is 0 Å². The highest BCUT2D eigenvalue weighted by Gasteiger charge is 2.30. The zero-order valence-corrected chi connectivity index (χ0v) is 15.1. The average Bonchev–Trinajstić information content (AvgIpc) is 2.59. The van der Waals surface area contributed by atoms with E-state index in [2.05, 4.69) is 12.2 Å². The molecule has 0 saturated carbocycles. The Morgan fingerprint density at radius 3 is 2.28 bits per heavy atom. The van der Waals surface area contributed by atoms with E-state index in [1.807, 2.05) is 0 Å². The lowest BCUT2D eigenvalue weighted by molar-refractivity contribution is -0.170. The van der Waals surface area contributed by atoms with Crippen LogP contribution in [-0.4, -0.2) is 30.5 Å². The van der Waals surface area contributed by atoms with Gasteiger partial charge in [0.2, 0.25) is 12.0 Å². The molecule has 6 heteroatoms. The van der Waals surface area contributed by atoms with E-state index in [1.54, 1.807) is 37.3 Å². The van der Waals surface area contributed by atoms with E-state index in [0.717, 1.165) is 19.3 Å². The van der Waals surface area contributed by atoms with Gasteiger partial charge in [0.1, 0.15) is 6.04 Å². The minimum atomic E-state index is -1.14. The Bertz CT molecular complexity index is 558. The van der Waals surface area contributed by atoms with Crippen molar-refractivity contribution in [3.8, 4) is 0 Å². The molecule has 0 unspecified atom stereocenters. The molecule has 0 aliphatic heterocycles. The molecule has 0 aliphatic rings. The number of amides is 1. The molecule has 1 aromatic carbocycles. The molecular weight excluding hydrogens is 322 g/mol. The molecule has 2 atom stereocenters. The number of benzene rings is 1. The Kier molecular flexibility index (Phi) is 9.29. The number of ether oxygens (including phenoxy) is 2. The van der Waals surface area contributed by atoms with Crippen LogP contribution in [0.3, 0.4) is 0 Å². The van der Waals surface area contributed by atoms with Gasteiger partial charge in [-0.25, -0.2) is 9.59 Å². The Morgan fingerprint density at radius 2 is 1.72 bits per heavy atom. The molecule has 138 valence electrons. The van der Waals surface area contributed by atoms with Crippen molar-refractivity contribution in [2.24, 2.45) is 0 Å². The Balaban J connectivity index is 2.89. The lowest BCUT2D eigenvalue weighted by Gasteiger charge is -2.21. The maximum atomic E-state index is 12.5. The predicted octanol–water partition coefficient (Wildman–Crippen LogP) is 2.92. The summed E-state index contributed by atoms with van der Waals surface area (Å²) in [7, 11) is 0. The molecule has 0 heterocycles. The number of nitrogens with one attached hydrogen (secondary N) is 1. The largest absolute Gasteiger partial charge is 0.463 e. The fourth-order valence-electron chi connectivity index (χ4n) is 2.39. The van der Waals surface area contributed by atoms with Gasteiger partial charge in [-0.15, -0.1) is 0 Å². The van der Waals surface area contributed by atoms with Gasteiger partial charge in [-0.1, -0.05) is 56.5 Å². The number of rotatable bonds is 10. The van der Waals surface area contributed by atoms with Crippen molar-refractivity contribution >= 4 is 17.8 Å². The Morgan fingerprint density at radius 1 is 1.04 bits per heavy atom. The van der Waals surface area contributed by atoms with Crippen molar-refractivity contribution in [2.45, 2.75) is 58.6 Å². The highest BCUT2D eigenvalue weighted by atomic mass is 16.6. The number of hydrogen-bond acceptors (Lipinski definition) is 5. The van der Waals surface area contributed by atoms with E-state index in [4.69, 9.17) is 9.47 Å². The molecule has 1 N–H and O–H groups in total. The highest BCUT2D eigenvalue weighted by molar-refractivity contribution is 5.86. The van der Waals surface area contributed by atoms with Crippen LogP contribution in [-0.2, 0) is 23.9 Å². The third-order valence-electron chi connectivity index (χ3n) is 3.60. The van der Waals surface area contributed by atoms with Gasteiger partial charge in [0.15, 0.2) is 0 Å². The summed E-state index contributed by atoms with van der Waals surface area (Å²) in [6.45, 7) is 5.27. The van der Waals surface area contributed by atoms with Gasteiger partial charge in [-0.2, -0.15) is 0 Å². The van der Waals surface area contributed by atoms with Crippen molar-refractivity contribution in [1.29, 1.82) is 0 Å². The second-order valence-electron chi connectivity index (χ2n) is 5.73. The van der Waals surface area contributed by atoms with Crippen LogP contribution in [0.5, 0.6) is 0 Å². The summed E-state index contributed by atoms with van der Waals surface area (Å²) >= 11 is 0. The minimum Gasteiger partial charge on any atom is -0.463 e. The number of esters is 2. The first kappa shape index (κ1) is 20.7. The molecule has 1 aromatic rings. The molecule has 25 heavy (non-hydrogen) atoms. The zero-order chi connectivity index (χ0) is 18.7. The van der Waals surface area contributed by atoms with Crippen LogP contribution in [0.15, 0.2) is 30.3 Å². The maximum absolute atomic E-state index is 12.5. The first-order valence-corrected chi connectivity index (χ1v) is 8.68. The highest BCUT2D eigenvalue weighted by Crippen LogP contribution is 2.20. The summed E-state index contributed by atoms with van der Waals surface area (Å²) in [5.74, 6) is -1.57. The van der Waals surface area contributed by atoms with Crippen molar-refractivity contribution in [1.82, 2.24) is 5.32 Å². The smallest absolute Gasteiger partial charge is 0.352 e. The maximum Gasteiger partial charge on any atom is 0.352 e. The van der Waals surface area contributed by atoms with Gasteiger partial charge in [0.05, 0.1) is 6.61 Å². The van der Waals surface area contributed by atoms with E-state index in [0.29, 0.717) is 12.0 Å². The second kappa shape index (κ2) is 11.2. The molecule has 0 bridgehead atoms. The van der Waals surface area contributed by atoms with Crippen LogP contribution in [0.4, 0.5) is 0 Å². The predicted molar refractivity (Wildman–Crippen MR) is 93.7 cm³/mol. The fraction of sp³-hybridized carbons (Fsp3) is 0.526. The van der Waals surface area contributed by atoms with Crippen molar-refractivity contribution < 1.29 is 23.9 Å². The summed E-state index contributed by atoms with van der Waals surface area (Å²) in [5.41, 5.74) is 0.532. The monoisotopic (exact) mass is 349 g/mol. The molecule has 0 radical (unpaired) electrons. The van der Waals surface area contributed by atoms with Crippen molar-refractivity contribution in [3.63, 3.8) is 0 Å². The van der Waals surface area contributed by atoms with Crippen LogP contribution < -0.4 is 5.32 Å². The van der Waals surface area contributed by atoms with Crippen molar-refractivity contribution in [2.75, 3.05) is 6.61 Å². The molecule has 0 spiro atoms. The first-order valence-electron chi connectivity index (χ1n) is 8.68. The summed E-state index contributed by atoms with van der Waals surface area (Å²) in [4.78, 5) is 36.1. The van der Waals surface area contributed by atoms with E-state index in [9.17, 15) is 14.4 Å². The summed E-state index contributed by atoms with van der Waals surface area (Å²) in [6.07, 6.45) is 2.06. The molecular formula is C19H27NO5. The number of carbonyl (C=O) groups excluding carboxylic acids is 3. The lowest BCUT2D eigenvalue weighted by Crippen LogP contribution is -2.42.